The second-order valence-electron chi connectivity index (χ2n) is 4.31. The van der Waals surface area contributed by atoms with Crippen LogP contribution in [0.1, 0.15) is 10.4 Å². The van der Waals surface area contributed by atoms with Gasteiger partial charge in [-0.3, -0.25) is 4.79 Å². The molecule has 21 heavy (non-hydrogen) atoms. The zero-order valence-corrected chi connectivity index (χ0v) is 12.6. The number of pyridine rings is 1. The van der Waals surface area contributed by atoms with Gasteiger partial charge in [-0.15, -0.1) is 0 Å². The van der Waals surface area contributed by atoms with Gasteiger partial charge in [0.2, 0.25) is 0 Å². The van der Waals surface area contributed by atoms with Crippen molar-refractivity contribution in [2.24, 2.45) is 0 Å². The average Bonchev–Trinajstić information content (AvgIpc) is 2.91. The van der Waals surface area contributed by atoms with Crippen molar-refractivity contribution in [3.63, 3.8) is 0 Å². The van der Waals surface area contributed by atoms with Crippen molar-refractivity contribution >= 4 is 45.2 Å². The van der Waals surface area contributed by atoms with Crippen LogP contribution in [0.15, 0.2) is 36.7 Å². The van der Waals surface area contributed by atoms with Crippen molar-refractivity contribution in [2.75, 3.05) is 5.32 Å². The van der Waals surface area contributed by atoms with Gasteiger partial charge in [-0.25, -0.2) is 13.8 Å². The number of carbonyl (C=O) groups excluding carboxylic acids is 1. The third kappa shape index (κ3) is 2.60. The number of H-pyrrole nitrogens is 1. The largest absolute Gasteiger partial charge is 0.346 e. The highest BCUT2D eigenvalue weighted by atomic mass is 127. The minimum Gasteiger partial charge on any atom is -0.346 e. The first-order valence-corrected chi connectivity index (χ1v) is 7.02. The molecular formula is C14H8F2IN3O. The van der Waals surface area contributed by atoms with Crippen LogP contribution >= 0.6 is 22.6 Å². The molecule has 0 aliphatic rings. The van der Waals surface area contributed by atoms with Gasteiger partial charge in [0, 0.05) is 15.2 Å². The third-order valence-corrected chi connectivity index (χ3v) is 3.76. The number of carbonyl (C=O) groups is 1. The van der Waals surface area contributed by atoms with E-state index < -0.39 is 23.1 Å². The number of aromatic nitrogens is 2. The number of amides is 1. The van der Waals surface area contributed by atoms with Gasteiger partial charge in [0.25, 0.3) is 5.91 Å². The Labute approximate surface area is 131 Å². The van der Waals surface area contributed by atoms with Crippen molar-refractivity contribution in [2.45, 2.75) is 0 Å². The zero-order chi connectivity index (χ0) is 15.0. The summed E-state index contributed by atoms with van der Waals surface area (Å²) in [5.74, 6) is -2.62. The summed E-state index contributed by atoms with van der Waals surface area (Å²) in [6.07, 6.45) is 3.13. The molecule has 0 atom stereocenters. The standard InChI is InChI=1S/C14H8F2IN3O/c15-9-1-2-10(17)12(16)11(9)14(21)20-8-5-7-3-4-18-13(7)19-6-8/h1-6H,(H,18,19)(H,20,21). The van der Waals surface area contributed by atoms with Crippen molar-refractivity contribution in [3.8, 4) is 0 Å². The summed E-state index contributed by atoms with van der Waals surface area (Å²) in [6, 6.07) is 5.79. The van der Waals surface area contributed by atoms with Crippen LogP contribution in [0, 0.1) is 15.2 Å². The minimum atomic E-state index is -0.902. The number of nitrogens with one attached hydrogen (secondary N) is 2. The molecule has 0 saturated heterocycles. The van der Waals surface area contributed by atoms with E-state index in [0.717, 1.165) is 11.5 Å². The Hall–Kier alpha value is -2.03. The number of hydrogen-bond donors (Lipinski definition) is 2. The van der Waals surface area contributed by atoms with Crippen molar-refractivity contribution in [3.05, 3.63) is 57.4 Å². The highest BCUT2D eigenvalue weighted by molar-refractivity contribution is 14.1. The predicted octanol–water partition coefficient (Wildman–Crippen LogP) is 3.70. The Balaban J connectivity index is 1.94. The van der Waals surface area contributed by atoms with Gasteiger partial charge < -0.3 is 10.3 Å². The van der Waals surface area contributed by atoms with E-state index in [2.05, 4.69) is 15.3 Å². The molecule has 2 aromatic heterocycles. The van der Waals surface area contributed by atoms with Crippen LogP contribution in [0.5, 0.6) is 0 Å². The number of aromatic amines is 1. The lowest BCUT2D eigenvalue weighted by atomic mass is 10.2. The highest BCUT2D eigenvalue weighted by Crippen LogP contribution is 2.21. The molecule has 0 aliphatic carbocycles. The summed E-state index contributed by atoms with van der Waals surface area (Å²) in [6.45, 7) is 0. The topological polar surface area (TPSA) is 57.8 Å². The molecule has 0 spiro atoms. The number of benzene rings is 1. The van der Waals surface area contributed by atoms with Crippen LogP contribution in [-0.4, -0.2) is 15.9 Å². The number of fused-ring (bicyclic) bond motifs is 1. The van der Waals surface area contributed by atoms with Crippen LogP contribution in [0.4, 0.5) is 14.5 Å². The van der Waals surface area contributed by atoms with Gasteiger partial charge in [-0.1, -0.05) is 0 Å². The first kappa shape index (κ1) is 13.9. The van der Waals surface area contributed by atoms with Crippen LogP contribution in [0.3, 0.4) is 0 Å². The van der Waals surface area contributed by atoms with Gasteiger partial charge in [-0.2, -0.15) is 0 Å². The summed E-state index contributed by atoms with van der Waals surface area (Å²) >= 11 is 1.70. The second kappa shape index (κ2) is 5.40. The quantitative estimate of drug-likeness (QED) is 0.510. The number of halogens is 3. The van der Waals surface area contributed by atoms with Gasteiger partial charge >= 0.3 is 0 Å². The van der Waals surface area contributed by atoms with Crippen molar-refractivity contribution in [1.29, 1.82) is 0 Å². The van der Waals surface area contributed by atoms with Gasteiger partial charge in [-0.05, 0) is 46.9 Å². The number of rotatable bonds is 2. The maximum absolute atomic E-state index is 13.9. The fourth-order valence-electron chi connectivity index (χ4n) is 1.94. The molecule has 0 saturated carbocycles. The van der Waals surface area contributed by atoms with Gasteiger partial charge in [0.1, 0.15) is 17.0 Å². The summed E-state index contributed by atoms with van der Waals surface area (Å²) in [4.78, 5) is 19.1. The van der Waals surface area contributed by atoms with Gasteiger partial charge in [0.15, 0.2) is 5.82 Å². The van der Waals surface area contributed by atoms with Crippen LogP contribution in [0.25, 0.3) is 11.0 Å². The van der Waals surface area contributed by atoms with E-state index in [4.69, 9.17) is 0 Å². The molecule has 3 rings (SSSR count). The van der Waals surface area contributed by atoms with E-state index in [1.807, 2.05) is 0 Å². The zero-order valence-electron chi connectivity index (χ0n) is 10.5. The van der Waals surface area contributed by atoms with E-state index in [1.165, 1.54) is 12.3 Å². The normalized spacial score (nSPS) is 10.8. The van der Waals surface area contributed by atoms with Crippen LogP contribution in [0.2, 0.25) is 0 Å². The maximum atomic E-state index is 13.9. The summed E-state index contributed by atoms with van der Waals surface area (Å²) in [5.41, 5.74) is 0.431. The minimum absolute atomic E-state index is 0.179. The molecule has 106 valence electrons. The lowest BCUT2D eigenvalue weighted by molar-refractivity contribution is 0.101. The van der Waals surface area contributed by atoms with E-state index >= 15 is 0 Å². The Morgan fingerprint density at radius 1 is 1.29 bits per heavy atom. The number of nitrogens with zero attached hydrogens (tertiary/aromatic N) is 1. The molecule has 2 N–H and O–H groups in total. The Bertz CT molecular complexity index is 847. The molecule has 7 heteroatoms. The Kier molecular flexibility index (Phi) is 3.58. The number of hydrogen-bond acceptors (Lipinski definition) is 2. The highest BCUT2D eigenvalue weighted by Gasteiger charge is 2.20. The van der Waals surface area contributed by atoms with E-state index in [1.54, 1.807) is 40.9 Å². The molecule has 0 radical (unpaired) electrons. The van der Waals surface area contributed by atoms with E-state index in [9.17, 15) is 13.6 Å². The molecule has 4 nitrogen and oxygen atoms in total. The SMILES string of the molecule is O=C(Nc1cnc2[nH]ccc2c1)c1c(F)ccc(I)c1F. The molecule has 0 aliphatic heterocycles. The lowest BCUT2D eigenvalue weighted by Gasteiger charge is -2.08. The molecule has 0 unspecified atom stereocenters. The van der Waals surface area contributed by atoms with E-state index in [-0.39, 0.29) is 3.57 Å². The molecule has 0 bridgehead atoms. The third-order valence-electron chi connectivity index (χ3n) is 2.93. The van der Waals surface area contributed by atoms with Crippen LogP contribution < -0.4 is 5.32 Å². The summed E-state index contributed by atoms with van der Waals surface area (Å²) < 4.78 is 27.7. The van der Waals surface area contributed by atoms with Gasteiger partial charge in [0.05, 0.1) is 11.9 Å². The summed E-state index contributed by atoms with van der Waals surface area (Å²) in [7, 11) is 0. The first-order chi connectivity index (χ1) is 10.1. The fraction of sp³-hybridized carbons (Fsp3) is 0. The predicted molar refractivity (Wildman–Crippen MR) is 83.1 cm³/mol. The Morgan fingerprint density at radius 3 is 2.90 bits per heavy atom. The monoisotopic (exact) mass is 399 g/mol. The average molecular weight is 399 g/mol. The maximum Gasteiger partial charge on any atom is 0.261 e. The summed E-state index contributed by atoms with van der Waals surface area (Å²) in [5, 5.41) is 3.24. The molecule has 0 fully saturated rings. The molecule has 2 heterocycles. The molecule has 3 aromatic rings. The smallest absolute Gasteiger partial charge is 0.261 e. The lowest BCUT2D eigenvalue weighted by Crippen LogP contribution is -2.16. The second-order valence-corrected chi connectivity index (χ2v) is 5.47. The Morgan fingerprint density at radius 2 is 2.10 bits per heavy atom. The first-order valence-electron chi connectivity index (χ1n) is 5.94. The van der Waals surface area contributed by atoms with Crippen molar-refractivity contribution in [1.82, 2.24) is 9.97 Å². The molecule has 1 amide bonds. The number of anilines is 1. The van der Waals surface area contributed by atoms with Crippen molar-refractivity contribution < 1.29 is 13.6 Å². The van der Waals surface area contributed by atoms with E-state index in [0.29, 0.717) is 11.3 Å². The van der Waals surface area contributed by atoms with Crippen LogP contribution in [-0.2, 0) is 0 Å². The fourth-order valence-corrected chi connectivity index (χ4v) is 2.39. The molecular weight excluding hydrogens is 391 g/mol. The molecule has 1 aromatic carbocycles.